The molecule has 0 bridgehead atoms. The molecule has 0 amide bonds. The van der Waals surface area contributed by atoms with E-state index in [0.717, 1.165) is 0 Å². The molecule has 0 atom stereocenters. The summed E-state index contributed by atoms with van der Waals surface area (Å²) in [6.07, 6.45) is 1.85. The molecule has 0 nitrogen and oxygen atoms in total. The van der Waals surface area contributed by atoms with Crippen LogP contribution in [0.2, 0.25) is 0 Å². The van der Waals surface area contributed by atoms with Gasteiger partial charge in [0.05, 0.1) is 0 Å². The molecule has 0 spiro atoms. The maximum atomic E-state index is 10.9. The lowest BCUT2D eigenvalue weighted by molar-refractivity contribution is 0.608. The second-order valence-corrected chi connectivity index (χ2v) is 2.89. The summed E-state index contributed by atoms with van der Waals surface area (Å²) in [5.41, 5.74) is 0. The van der Waals surface area contributed by atoms with Crippen LogP contribution < -0.4 is 0 Å². The van der Waals surface area contributed by atoms with E-state index in [9.17, 15) is 4.39 Å². The topological polar surface area (TPSA) is 0 Å². The van der Waals surface area contributed by atoms with Gasteiger partial charge in [0.1, 0.15) is 6.01 Å². The number of hydrogen-bond donors (Lipinski definition) is 0. The Kier molecular flexibility index (Phi) is 5.21. The maximum Gasteiger partial charge on any atom is 0.145 e. The van der Waals surface area contributed by atoms with Gasteiger partial charge in [0, 0.05) is 0 Å². The highest BCUT2D eigenvalue weighted by molar-refractivity contribution is 8.76. The molecular formula is C2H5FS2. The zero-order chi connectivity index (χ0) is 4.12. The first-order valence-corrected chi connectivity index (χ1v) is 3.86. The molecule has 0 aliphatic carbocycles. The summed E-state index contributed by atoms with van der Waals surface area (Å²) >= 11 is 0. The van der Waals surface area contributed by atoms with E-state index in [-0.39, 0.29) is 6.01 Å². The zero-order valence-electron chi connectivity index (χ0n) is 2.90. The number of rotatable bonds is 2. The normalized spacial score (nSPS) is 8.40. The van der Waals surface area contributed by atoms with Crippen LogP contribution >= 0.6 is 21.6 Å². The molecule has 0 aromatic heterocycles. The summed E-state index contributed by atoms with van der Waals surface area (Å²) in [6.45, 7) is 0. The van der Waals surface area contributed by atoms with Gasteiger partial charge in [-0.1, -0.05) is 21.6 Å². The van der Waals surface area contributed by atoms with Crippen molar-refractivity contribution in [2.75, 3.05) is 12.3 Å². The number of halogens is 1. The van der Waals surface area contributed by atoms with E-state index in [0.29, 0.717) is 0 Å². The average molecular weight is 112 g/mol. The Bertz CT molecular complexity index is 15.1. The molecule has 0 rings (SSSR count). The van der Waals surface area contributed by atoms with Crippen molar-refractivity contribution in [2.24, 2.45) is 0 Å². The van der Waals surface area contributed by atoms with Gasteiger partial charge < -0.3 is 0 Å². The van der Waals surface area contributed by atoms with Crippen LogP contribution in [0.1, 0.15) is 0 Å². The fourth-order valence-electron chi connectivity index (χ4n) is 0.0445. The lowest BCUT2D eigenvalue weighted by Crippen LogP contribution is -1.47. The minimum atomic E-state index is -0.277. The Hall–Kier alpha value is 0.630. The van der Waals surface area contributed by atoms with Gasteiger partial charge in [-0.15, -0.1) is 0 Å². The predicted molar refractivity (Wildman–Crippen MR) is 27.1 cm³/mol. The predicted octanol–water partition coefficient (Wildman–Crippen LogP) is 1.92. The third-order valence-corrected chi connectivity index (χ3v) is 1.46. The summed E-state index contributed by atoms with van der Waals surface area (Å²) < 4.78 is 10.9. The van der Waals surface area contributed by atoms with Gasteiger partial charge in [-0.3, -0.25) is 0 Å². The SMILES string of the molecule is CSSCF. The van der Waals surface area contributed by atoms with Crippen molar-refractivity contribution in [3.63, 3.8) is 0 Å². The van der Waals surface area contributed by atoms with E-state index in [1.54, 1.807) is 0 Å². The lowest BCUT2D eigenvalue weighted by Gasteiger charge is -1.76. The van der Waals surface area contributed by atoms with Gasteiger partial charge in [-0.25, -0.2) is 4.39 Å². The van der Waals surface area contributed by atoms with Crippen LogP contribution in [0.15, 0.2) is 0 Å². The van der Waals surface area contributed by atoms with Gasteiger partial charge in [0.2, 0.25) is 0 Å². The van der Waals surface area contributed by atoms with Crippen molar-refractivity contribution in [2.45, 2.75) is 0 Å². The molecule has 0 unspecified atom stereocenters. The van der Waals surface area contributed by atoms with E-state index in [2.05, 4.69) is 0 Å². The molecule has 0 fully saturated rings. The zero-order valence-corrected chi connectivity index (χ0v) is 4.53. The van der Waals surface area contributed by atoms with Crippen LogP contribution in [0.5, 0.6) is 0 Å². The monoisotopic (exact) mass is 112 g/mol. The maximum absolute atomic E-state index is 10.9. The van der Waals surface area contributed by atoms with Crippen molar-refractivity contribution >= 4 is 21.6 Å². The molecule has 0 saturated heterocycles. The van der Waals surface area contributed by atoms with Gasteiger partial charge in [0.25, 0.3) is 0 Å². The Morgan fingerprint density at radius 2 is 2.40 bits per heavy atom. The van der Waals surface area contributed by atoms with Crippen LogP contribution in [0, 0.1) is 0 Å². The van der Waals surface area contributed by atoms with E-state index in [4.69, 9.17) is 0 Å². The van der Waals surface area contributed by atoms with Crippen LogP contribution in [-0.2, 0) is 0 Å². The fourth-order valence-corrected chi connectivity index (χ4v) is 0.401. The highest BCUT2D eigenvalue weighted by Gasteiger charge is 1.71. The van der Waals surface area contributed by atoms with Gasteiger partial charge in [0.15, 0.2) is 0 Å². The Labute approximate surface area is 38.9 Å². The van der Waals surface area contributed by atoms with E-state index in [1.807, 2.05) is 6.26 Å². The van der Waals surface area contributed by atoms with E-state index < -0.39 is 0 Å². The first-order valence-electron chi connectivity index (χ1n) is 1.13. The van der Waals surface area contributed by atoms with Crippen molar-refractivity contribution < 1.29 is 4.39 Å². The molecule has 32 valence electrons. The first kappa shape index (κ1) is 5.63. The second-order valence-electron chi connectivity index (χ2n) is 0.394. The molecular weight excluding hydrogens is 107 g/mol. The molecule has 5 heavy (non-hydrogen) atoms. The van der Waals surface area contributed by atoms with Crippen LogP contribution in [0.3, 0.4) is 0 Å². The Morgan fingerprint density at radius 1 is 1.80 bits per heavy atom. The second kappa shape index (κ2) is 4.63. The van der Waals surface area contributed by atoms with Crippen LogP contribution in [0.25, 0.3) is 0 Å². The highest BCUT2D eigenvalue weighted by Crippen LogP contribution is 2.15. The smallest absolute Gasteiger partial charge is 0.145 e. The summed E-state index contributed by atoms with van der Waals surface area (Å²) in [7, 11) is 2.66. The number of alkyl halides is 1. The largest absolute Gasteiger partial charge is 0.238 e. The molecule has 0 heterocycles. The minimum Gasteiger partial charge on any atom is -0.238 e. The quantitative estimate of drug-likeness (QED) is 0.500. The number of hydrogen-bond acceptors (Lipinski definition) is 2. The molecule has 0 saturated carbocycles. The molecule has 0 aromatic rings. The Morgan fingerprint density at radius 3 is 2.40 bits per heavy atom. The van der Waals surface area contributed by atoms with Crippen LogP contribution in [-0.4, -0.2) is 12.3 Å². The molecule has 0 aliphatic rings. The highest BCUT2D eigenvalue weighted by atomic mass is 33.1. The molecule has 0 aliphatic heterocycles. The average Bonchev–Trinajstić information content (AvgIpc) is 1.41. The van der Waals surface area contributed by atoms with Gasteiger partial charge >= 0.3 is 0 Å². The van der Waals surface area contributed by atoms with Crippen molar-refractivity contribution in [3.05, 3.63) is 0 Å². The summed E-state index contributed by atoms with van der Waals surface area (Å²) in [5, 5.41) is 0. The van der Waals surface area contributed by atoms with E-state index in [1.165, 1.54) is 21.6 Å². The minimum absolute atomic E-state index is 0.277. The molecule has 0 aromatic carbocycles. The fraction of sp³-hybridized carbons (Fsp3) is 1.00. The third kappa shape index (κ3) is 4.63. The molecule has 0 N–H and O–H groups in total. The molecule has 3 heteroatoms. The summed E-state index contributed by atoms with van der Waals surface area (Å²) in [4.78, 5) is 0. The van der Waals surface area contributed by atoms with E-state index >= 15 is 0 Å². The van der Waals surface area contributed by atoms with Crippen LogP contribution in [0.4, 0.5) is 4.39 Å². The van der Waals surface area contributed by atoms with Crippen molar-refractivity contribution in [1.29, 1.82) is 0 Å². The summed E-state index contributed by atoms with van der Waals surface area (Å²) in [5.74, 6) is 0. The lowest BCUT2D eigenvalue weighted by atomic mass is 11.8. The standard InChI is InChI=1S/C2H5FS2/c1-4-5-2-3/h2H2,1H3. The third-order valence-electron chi connectivity index (χ3n) is 0.162. The Balaban J connectivity index is 2.19. The first-order chi connectivity index (χ1) is 2.41. The van der Waals surface area contributed by atoms with Crippen molar-refractivity contribution in [3.8, 4) is 0 Å². The summed E-state index contributed by atoms with van der Waals surface area (Å²) in [6, 6.07) is -0.277. The molecule has 0 radical (unpaired) electrons. The van der Waals surface area contributed by atoms with Gasteiger partial charge in [-0.2, -0.15) is 0 Å². The van der Waals surface area contributed by atoms with Gasteiger partial charge in [-0.05, 0) is 6.26 Å². The van der Waals surface area contributed by atoms with Crippen molar-refractivity contribution in [1.82, 2.24) is 0 Å².